The van der Waals surface area contributed by atoms with Gasteiger partial charge in [0.2, 0.25) is 0 Å². The van der Waals surface area contributed by atoms with Crippen LogP contribution in [0, 0.1) is 0 Å². The highest BCUT2D eigenvalue weighted by Gasteiger charge is 2.21. The monoisotopic (exact) mass is 406 g/mol. The van der Waals surface area contributed by atoms with Crippen LogP contribution in [0.2, 0.25) is 0 Å². The number of rotatable bonds is 5. The van der Waals surface area contributed by atoms with Crippen LogP contribution >= 0.6 is 44.1 Å². The van der Waals surface area contributed by atoms with Gasteiger partial charge in [-0.3, -0.25) is 4.79 Å². The summed E-state index contributed by atoms with van der Waals surface area (Å²) in [5.74, 6) is -0.0283. The molecule has 1 aromatic rings. The number of thiocarbonyl (C=S) groups is 1. The maximum Gasteiger partial charge on any atom is 0.255 e. The summed E-state index contributed by atoms with van der Waals surface area (Å²) >= 11 is 11.7. The van der Waals surface area contributed by atoms with E-state index < -0.39 is 0 Å². The molecule has 19 heavy (non-hydrogen) atoms. The largest absolute Gasteiger partial charge is 0.393 e. The third-order valence-electron chi connectivity index (χ3n) is 2.64. The Balaban J connectivity index is 2.99. The fraction of sp³-hybridized carbons (Fsp3) is 0.385. The number of hydrogen-bond donors (Lipinski definition) is 1. The number of carbonyl (C=O) groups is 1. The van der Waals surface area contributed by atoms with E-state index in [1.54, 1.807) is 4.90 Å². The lowest BCUT2D eigenvalue weighted by Gasteiger charge is -2.27. The second-order valence-corrected chi connectivity index (χ2v) is 6.73. The maximum atomic E-state index is 12.6. The van der Waals surface area contributed by atoms with Crippen LogP contribution in [0.4, 0.5) is 0 Å². The SMILES string of the molecule is CC(C)N(CCC(N)=S)C(=O)c1cc(Br)ccc1Br. The van der Waals surface area contributed by atoms with Crippen LogP contribution in [0.15, 0.2) is 27.1 Å². The molecule has 0 unspecified atom stereocenters. The van der Waals surface area contributed by atoms with Crippen LogP contribution in [0.1, 0.15) is 30.6 Å². The summed E-state index contributed by atoms with van der Waals surface area (Å²) in [7, 11) is 0. The van der Waals surface area contributed by atoms with Crippen LogP contribution in [0.3, 0.4) is 0 Å². The Bertz CT molecular complexity index is 492. The van der Waals surface area contributed by atoms with E-state index in [4.69, 9.17) is 18.0 Å². The van der Waals surface area contributed by atoms with E-state index in [9.17, 15) is 4.79 Å². The predicted octanol–water partition coefficient (Wildman–Crippen LogP) is 3.74. The molecule has 1 amide bonds. The first-order chi connectivity index (χ1) is 8.82. The number of nitrogens with zero attached hydrogens (tertiary/aromatic N) is 1. The Labute approximate surface area is 135 Å². The fourth-order valence-corrected chi connectivity index (χ4v) is 2.51. The minimum atomic E-state index is -0.0283. The predicted molar refractivity (Wildman–Crippen MR) is 89.4 cm³/mol. The molecule has 0 atom stereocenters. The maximum absolute atomic E-state index is 12.6. The van der Waals surface area contributed by atoms with Crippen molar-refractivity contribution < 1.29 is 4.79 Å². The summed E-state index contributed by atoms with van der Waals surface area (Å²) < 4.78 is 1.65. The Morgan fingerprint density at radius 1 is 1.42 bits per heavy atom. The molecule has 0 bridgehead atoms. The molecule has 3 nitrogen and oxygen atoms in total. The van der Waals surface area contributed by atoms with Crippen molar-refractivity contribution in [2.75, 3.05) is 6.54 Å². The molecule has 0 spiro atoms. The van der Waals surface area contributed by atoms with Crippen molar-refractivity contribution in [3.8, 4) is 0 Å². The van der Waals surface area contributed by atoms with Gasteiger partial charge in [0.1, 0.15) is 0 Å². The van der Waals surface area contributed by atoms with E-state index in [0.717, 1.165) is 8.95 Å². The van der Waals surface area contributed by atoms with E-state index in [1.165, 1.54) is 0 Å². The van der Waals surface area contributed by atoms with Crippen molar-refractivity contribution in [2.45, 2.75) is 26.3 Å². The van der Waals surface area contributed by atoms with Crippen LogP contribution in [-0.2, 0) is 0 Å². The van der Waals surface area contributed by atoms with Gasteiger partial charge in [-0.25, -0.2) is 0 Å². The van der Waals surface area contributed by atoms with Gasteiger partial charge in [-0.15, -0.1) is 0 Å². The minimum absolute atomic E-state index is 0.0283. The molecule has 104 valence electrons. The Hall–Kier alpha value is -0.460. The summed E-state index contributed by atoms with van der Waals surface area (Å²) in [5, 5.41) is 0. The van der Waals surface area contributed by atoms with Gasteiger partial charge in [-0.2, -0.15) is 0 Å². The van der Waals surface area contributed by atoms with Gasteiger partial charge in [0.15, 0.2) is 0 Å². The van der Waals surface area contributed by atoms with E-state index in [2.05, 4.69) is 31.9 Å². The third-order valence-corrected chi connectivity index (χ3v) is 4.03. The second-order valence-electron chi connectivity index (χ2n) is 4.43. The number of halogens is 2. The highest BCUT2D eigenvalue weighted by molar-refractivity contribution is 9.11. The van der Waals surface area contributed by atoms with Gasteiger partial charge < -0.3 is 10.6 Å². The molecule has 0 aromatic heterocycles. The average Bonchev–Trinajstić information content (AvgIpc) is 2.31. The lowest BCUT2D eigenvalue weighted by Crippen LogP contribution is -2.39. The first kappa shape index (κ1) is 16.6. The quantitative estimate of drug-likeness (QED) is 0.756. The van der Waals surface area contributed by atoms with Crippen molar-refractivity contribution in [3.63, 3.8) is 0 Å². The summed E-state index contributed by atoms with van der Waals surface area (Å²) in [6.45, 7) is 4.48. The van der Waals surface area contributed by atoms with E-state index in [0.29, 0.717) is 23.5 Å². The van der Waals surface area contributed by atoms with Crippen LogP contribution in [-0.4, -0.2) is 28.4 Å². The van der Waals surface area contributed by atoms with Crippen molar-refractivity contribution >= 4 is 55.0 Å². The molecule has 1 aromatic carbocycles. The van der Waals surface area contributed by atoms with Crippen molar-refractivity contribution in [1.82, 2.24) is 4.90 Å². The fourth-order valence-electron chi connectivity index (χ4n) is 1.64. The lowest BCUT2D eigenvalue weighted by atomic mass is 10.1. The molecule has 0 saturated heterocycles. The standard InChI is InChI=1S/C13H16Br2N2OS/c1-8(2)17(6-5-12(16)19)13(18)10-7-9(14)3-4-11(10)15/h3-4,7-8H,5-6H2,1-2H3,(H2,16,19). The molecule has 0 aliphatic rings. The Morgan fingerprint density at radius 2 is 2.05 bits per heavy atom. The van der Waals surface area contributed by atoms with E-state index in [-0.39, 0.29) is 11.9 Å². The minimum Gasteiger partial charge on any atom is -0.393 e. The summed E-state index contributed by atoms with van der Waals surface area (Å²) in [6, 6.07) is 5.63. The Morgan fingerprint density at radius 3 is 2.58 bits per heavy atom. The van der Waals surface area contributed by atoms with Gasteiger partial charge in [0, 0.05) is 28.0 Å². The number of nitrogens with two attached hydrogens (primary N) is 1. The summed E-state index contributed by atoms with van der Waals surface area (Å²) in [4.78, 5) is 14.8. The second kappa shape index (κ2) is 7.36. The van der Waals surface area contributed by atoms with Gasteiger partial charge in [0.05, 0.1) is 10.6 Å². The molecular weight excluding hydrogens is 392 g/mol. The zero-order chi connectivity index (χ0) is 14.6. The lowest BCUT2D eigenvalue weighted by molar-refractivity contribution is 0.0710. The van der Waals surface area contributed by atoms with Crippen molar-refractivity contribution in [3.05, 3.63) is 32.7 Å². The van der Waals surface area contributed by atoms with Gasteiger partial charge in [0.25, 0.3) is 5.91 Å². The van der Waals surface area contributed by atoms with Crippen molar-refractivity contribution in [2.24, 2.45) is 5.73 Å². The molecule has 0 aliphatic heterocycles. The number of carbonyl (C=O) groups excluding carboxylic acids is 1. The van der Waals surface area contributed by atoms with E-state index in [1.807, 2.05) is 32.0 Å². The molecule has 0 saturated carbocycles. The van der Waals surface area contributed by atoms with Crippen LogP contribution < -0.4 is 5.73 Å². The highest BCUT2D eigenvalue weighted by Crippen LogP contribution is 2.23. The van der Waals surface area contributed by atoms with Crippen LogP contribution in [0.5, 0.6) is 0 Å². The van der Waals surface area contributed by atoms with Gasteiger partial charge >= 0.3 is 0 Å². The number of benzene rings is 1. The molecule has 6 heteroatoms. The highest BCUT2D eigenvalue weighted by atomic mass is 79.9. The average molecular weight is 408 g/mol. The molecule has 2 N–H and O–H groups in total. The summed E-state index contributed by atoms with van der Waals surface area (Å²) in [5.41, 5.74) is 6.14. The van der Waals surface area contributed by atoms with Crippen LogP contribution in [0.25, 0.3) is 0 Å². The van der Waals surface area contributed by atoms with Crippen molar-refractivity contribution in [1.29, 1.82) is 0 Å². The summed E-state index contributed by atoms with van der Waals surface area (Å²) in [6.07, 6.45) is 0.533. The molecule has 0 radical (unpaired) electrons. The molecular formula is C13H16Br2N2OS. The molecule has 0 fully saturated rings. The number of hydrogen-bond acceptors (Lipinski definition) is 2. The Kier molecular flexibility index (Phi) is 6.42. The van der Waals surface area contributed by atoms with Gasteiger partial charge in [-0.1, -0.05) is 28.1 Å². The zero-order valence-corrected chi connectivity index (χ0v) is 14.8. The smallest absolute Gasteiger partial charge is 0.255 e. The number of amides is 1. The normalized spacial score (nSPS) is 10.6. The first-order valence-corrected chi connectivity index (χ1v) is 7.86. The zero-order valence-electron chi connectivity index (χ0n) is 10.8. The first-order valence-electron chi connectivity index (χ1n) is 5.87. The molecule has 0 aliphatic carbocycles. The van der Waals surface area contributed by atoms with Gasteiger partial charge in [-0.05, 0) is 48.0 Å². The topological polar surface area (TPSA) is 46.3 Å². The third kappa shape index (κ3) is 4.85. The van der Waals surface area contributed by atoms with E-state index >= 15 is 0 Å². The molecule has 1 rings (SSSR count). The molecule has 0 heterocycles.